The van der Waals surface area contributed by atoms with Gasteiger partial charge in [0.05, 0.1) is 0 Å². The molecule has 2 aromatic rings. The van der Waals surface area contributed by atoms with Crippen molar-refractivity contribution in [1.29, 1.82) is 0 Å². The van der Waals surface area contributed by atoms with Gasteiger partial charge in [0.25, 0.3) is 0 Å². The summed E-state index contributed by atoms with van der Waals surface area (Å²) in [5.41, 5.74) is 2.00. The van der Waals surface area contributed by atoms with Crippen molar-refractivity contribution in [3.05, 3.63) is 24.3 Å². The first kappa shape index (κ1) is 15.5. The maximum absolute atomic E-state index is 4.58. The van der Waals surface area contributed by atoms with Crippen molar-refractivity contribution in [2.24, 2.45) is 0 Å². The Morgan fingerprint density at radius 1 is 0.909 bits per heavy atom. The van der Waals surface area contributed by atoms with Crippen molar-refractivity contribution >= 4 is 11.0 Å². The zero-order valence-corrected chi connectivity index (χ0v) is 13.7. The van der Waals surface area contributed by atoms with E-state index in [9.17, 15) is 0 Å². The molecule has 2 unspecified atom stereocenters. The maximum atomic E-state index is 4.58. The van der Waals surface area contributed by atoms with Crippen molar-refractivity contribution in [2.75, 3.05) is 13.1 Å². The zero-order chi connectivity index (χ0) is 15.2. The molecule has 0 radical (unpaired) electrons. The summed E-state index contributed by atoms with van der Waals surface area (Å²) >= 11 is 0. The SMILES string of the molecule is CCCCCCCCCCN1CC1n1nc2ccccc2n1. The van der Waals surface area contributed by atoms with Crippen LogP contribution in [0.2, 0.25) is 0 Å². The molecule has 1 aromatic heterocycles. The monoisotopic (exact) mass is 300 g/mol. The smallest absolute Gasteiger partial charge is 0.137 e. The number of hydrogen-bond donors (Lipinski definition) is 0. The van der Waals surface area contributed by atoms with E-state index in [1.54, 1.807) is 0 Å². The second kappa shape index (κ2) is 7.73. The first-order valence-electron chi connectivity index (χ1n) is 8.94. The summed E-state index contributed by atoms with van der Waals surface area (Å²) in [6, 6.07) is 8.10. The quantitative estimate of drug-likeness (QED) is 0.482. The van der Waals surface area contributed by atoms with Crippen molar-refractivity contribution in [1.82, 2.24) is 19.9 Å². The third-order valence-corrected chi connectivity index (χ3v) is 4.55. The number of benzene rings is 1. The van der Waals surface area contributed by atoms with E-state index in [-0.39, 0.29) is 0 Å². The minimum atomic E-state index is 0.400. The first-order chi connectivity index (χ1) is 10.9. The Labute approximate surface area is 133 Å². The van der Waals surface area contributed by atoms with Gasteiger partial charge in [-0.05, 0) is 18.6 Å². The third kappa shape index (κ3) is 4.07. The fourth-order valence-electron chi connectivity index (χ4n) is 3.08. The highest BCUT2D eigenvalue weighted by atomic mass is 15.6. The number of fused-ring (bicyclic) bond motifs is 1. The van der Waals surface area contributed by atoms with Crippen LogP contribution in [0.25, 0.3) is 11.0 Å². The second-order valence-electron chi connectivity index (χ2n) is 6.46. The van der Waals surface area contributed by atoms with E-state index in [2.05, 4.69) is 22.0 Å². The molecular formula is C18H28N4. The molecule has 0 N–H and O–H groups in total. The Morgan fingerprint density at radius 2 is 1.50 bits per heavy atom. The molecule has 0 bridgehead atoms. The minimum absolute atomic E-state index is 0.400. The molecule has 0 amide bonds. The molecule has 0 aliphatic carbocycles. The van der Waals surface area contributed by atoms with Crippen LogP contribution in [0.3, 0.4) is 0 Å². The van der Waals surface area contributed by atoms with E-state index < -0.39 is 0 Å². The topological polar surface area (TPSA) is 33.7 Å². The van der Waals surface area contributed by atoms with E-state index in [1.807, 2.05) is 29.1 Å². The van der Waals surface area contributed by atoms with Gasteiger partial charge in [-0.3, -0.25) is 4.90 Å². The molecule has 2 atom stereocenters. The molecule has 3 rings (SSSR count). The Morgan fingerprint density at radius 3 is 2.14 bits per heavy atom. The molecule has 4 heteroatoms. The molecule has 1 aliphatic rings. The summed E-state index contributed by atoms with van der Waals surface area (Å²) in [4.78, 5) is 4.37. The molecule has 120 valence electrons. The highest BCUT2D eigenvalue weighted by molar-refractivity contribution is 5.73. The van der Waals surface area contributed by atoms with E-state index in [0.29, 0.717) is 6.17 Å². The predicted octanol–water partition coefficient (Wildman–Crippen LogP) is 4.39. The first-order valence-corrected chi connectivity index (χ1v) is 8.94. The van der Waals surface area contributed by atoms with Gasteiger partial charge in [-0.15, -0.1) is 0 Å². The molecule has 0 saturated carbocycles. The zero-order valence-electron chi connectivity index (χ0n) is 13.7. The Hall–Kier alpha value is -1.42. The van der Waals surface area contributed by atoms with Crippen LogP contribution in [-0.4, -0.2) is 33.0 Å². The predicted molar refractivity (Wildman–Crippen MR) is 90.7 cm³/mol. The number of hydrogen-bond acceptors (Lipinski definition) is 3. The maximum Gasteiger partial charge on any atom is 0.137 e. The average Bonchev–Trinajstić information content (AvgIpc) is 3.18. The molecule has 1 saturated heterocycles. The molecule has 22 heavy (non-hydrogen) atoms. The number of aromatic nitrogens is 3. The lowest BCUT2D eigenvalue weighted by atomic mass is 10.1. The van der Waals surface area contributed by atoms with Gasteiger partial charge in [0.2, 0.25) is 0 Å². The number of rotatable bonds is 10. The molecule has 2 heterocycles. The van der Waals surface area contributed by atoms with Crippen molar-refractivity contribution < 1.29 is 0 Å². The molecule has 1 fully saturated rings. The summed E-state index contributed by atoms with van der Waals surface area (Å²) in [6.45, 7) is 4.58. The number of nitrogens with zero attached hydrogens (tertiary/aromatic N) is 4. The lowest BCUT2D eigenvalue weighted by molar-refractivity contribution is 0.389. The van der Waals surface area contributed by atoms with Gasteiger partial charge >= 0.3 is 0 Å². The van der Waals surface area contributed by atoms with Gasteiger partial charge in [-0.25, -0.2) is 0 Å². The molecule has 4 nitrogen and oxygen atoms in total. The molecular weight excluding hydrogens is 272 g/mol. The number of unbranched alkanes of at least 4 members (excludes halogenated alkanes) is 7. The summed E-state index contributed by atoms with van der Waals surface area (Å²) in [5.74, 6) is 0. The van der Waals surface area contributed by atoms with Crippen LogP contribution in [0.4, 0.5) is 0 Å². The van der Waals surface area contributed by atoms with E-state index in [4.69, 9.17) is 0 Å². The summed E-state index contributed by atoms with van der Waals surface area (Å²) in [6.07, 6.45) is 11.5. The van der Waals surface area contributed by atoms with Crippen LogP contribution < -0.4 is 0 Å². The standard InChI is InChI=1S/C18H28N4/c1-2-3-4-5-6-7-8-11-14-21-15-18(21)22-19-16-12-9-10-13-17(16)20-22/h9-10,12-13,18H,2-8,11,14-15H2,1H3. The van der Waals surface area contributed by atoms with Crippen LogP contribution in [0.5, 0.6) is 0 Å². The van der Waals surface area contributed by atoms with E-state index in [1.165, 1.54) is 57.9 Å². The van der Waals surface area contributed by atoms with Crippen LogP contribution in [0, 0.1) is 0 Å². The normalized spacial score (nSPS) is 20.6. The van der Waals surface area contributed by atoms with Crippen LogP contribution >= 0.6 is 0 Å². The molecule has 1 aromatic carbocycles. The van der Waals surface area contributed by atoms with Crippen LogP contribution in [-0.2, 0) is 0 Å². The van der Waals surface area contributed by atoms with E-state index >= 15 is 0 Å². The fraction of sp³-hybridized carbons (Fsp3) is 0.667. The molecule has 0 spiro atoms. The lowest BCUT2D eigenvalue weighted by Gasteiger charge is -2.04. The fourth-order valence-corrected chi connectivity index (χ4v) is 3.08. The second-order valence-corrected chi connectivity index (χ2v) is 6.46. The summed E-state index contributed by atoms with van der Waals surface area (Å²) < 4.78 is 0. The van der Waals surface area contributed by atoms with Gasteiger partial charge in [-0.2, -0.15) is 15.0 Å². The third-order valence-electron chi connectivity index (χ3n) is 4.55. The van der Waals surface area contributed by atoms with Crippen LogP contribution in [0.1, 0.15) is 64.5 Å². The van der Waals surface area contributed by atoms with Crippen molar-refractivity contribution in [3.8, 4) is 0 Å². The van der Waals surface area contributed by atoms with Gasteiger partial charge in [-0.1, -0.05) is 64.0 Å². The largest absolute Gasteiger partial charge is 0.276 e. The molecule has 1 aliphatic heterocycles. The Kier molecular flexibility index (Phi) is 5.43. The Balaban J connectivity index is 1.31. The van der Waals surface area contributed by atoms with Crippen LogP contribution in [0.15, 0.2) is 24.3 Å². The van der Waals surface area contributed by atoms with Gasteiger partial charge < -0.3 is 0 Å². The van der Waals surface area contributed by atoms with Gasteiger partial charge in [0.15, 0.2) is 0 Å². The van der Waals surface area contributed by atoms with Gasteiger partial charge in [0, 0.05) is 13.1 Å². The minimum Gasteiger partial charge on any atom is -0.276 e. The highest BCUT2D eigenvalue weighted by Crippen LogP contribution is 2.29. The van der Waals surface area contributed by atoms with Crippen molar-refractivity contribution in [3.63, 3.8) is 0 Å². The summed E-state index contributed by atoms with van der Waals surface area (Å²) in [5, 5.41) is 9.15. The summed E-state index contributed by atoms with van der Waals surface area (Å²) in [7, 11) is 0. The Bertz CT molecular complexity index is 544. The van der Waals surface area contributed by atoms with Gasteiger partial charge in [0.1, 0.15) is 17.2 Å². The highest BCUT2D eigenvalue weighted by Gasteiger charge is 2.36. The average molecular weight is 300 g/mol. The lowest BCUT2D eigenvalue weighted by Crippen LogP contribution is -2.07. The van der Waals surface area contributed by atoms with E-state index in [0.717, 1.165) is 17.6 Å². The van der Waals surface area contributed by atoms with Crippen molar-refractivity contribution in [2.45, 2.75) is 64.5 Å².